The quantitative estimate of drug-likeness (QED) is 0.859. The van der Waals surface area contributed by atoms with Gasteiger partial charge in [0.15, 0.2) is 0 Å². The Kier molecular flexibility index (Phi) is 4.86. The van der Waals surface area contributed by atoms with E-state index in [1.165, 1.54) is 11.3 Å². The summed E-state index contributed by atoms with van der Waals surface area (Å²) in [4.78, 5) is 32.5. The molecule has 2 amide bonds. The average Bonchev–Trinajstić information content (AvgIpc) is 3.25. The zero-order valence-electron chi connectivity index (χ0n) is 15.5. The number of carbonyl (C=O) groups excluding carboxylic acids is 2. The molecule has 0 radical (unpaired) electrons. The Morgan fingerprint density at radius 3 is 2.59 bits per heavy atom. The molecule has 1 N–H and O–H groups in total. The number of amides is 2. The molecule has 2 fully saturated rings. The molecule has 0 unspecified atom stereocenters. The van der Waals surface area contributed by atoms with Gasteiger partial charge in [0.05, 0.1) is 17.2 Å². The first-order valence-corrected chi connectivity index (χ1v) is 10.1. The molecule has 0 bridgehead atoms. The normalized spacial score (nSPS) is 21.9. The van der Waals surface area contributed by atoms with E-state index in [0.717, 1.165) is 29.3 Å². The lowest BCUT2D eigenvalue weighted by Gasteiger charge is -2.23. The first kappa shape index (κ1) is 18.0. The van der Waals surface area contributed by atoms with E-state index in [1.807, 2.05) is 44.2 Å². The molecule has 2 aliphatic rings. The topological polar surface area (TPSA) is 71.5 Å². The first-order chi connectivity index (χ1) is 13.0. The van der Waals surface area contributed by atoms with Crippen molar-refractivity contribution in [3.63, 3.8) is 0 Å². The standard InChI is InChI=1S/C20H23N3O3S/c1-12-18(27-13(2)21-12)20(25)23-11-16(26-15-6-4-3-5-7-15)10-17(23)19(24)22-14-8-9-14/h3-7,14,16-17H,8-11H2,1-2H3,(H,22,24)/t16-,17-/m0/s1. The van der Waals surface area contributed by atoms with Gasteiger partial charge < -0.3 is 15.0 Å². The van der Waals surface area contributed by atoms with Crippen molar-refractivity contribution in [3.8, 4) is 5.75 Å². The van der Waals surface area contributed by atoms with Crippen molar-refractivity contribution in [2.24, 2.45) is 0 Å². The fourth-order valence-corrected chi connectivity index (χ4v) is 4.31. The van der Waals surface area contributed by atoms with Crippen molar-refractivity contribution in [2.75, 3.05) is 6.54 Å². The van der Waals surface area contributed by atoms with Gasteiger partial charge in [-0.1, -0.05) is 18.2 Å². The van der Waals surface area contributed by atoms with Crippen LogP contribution < -0.4 is 10.1 Å². The minimum atomic E-state index is -0.506. The van der Waals surface area contributed by atoms with Crippen LogP contribution in [0, 0.1) is 13.8 Å². The van der Waals surface area contributed by atoms with Crippen molar-refractivity contribution in [2.45, 2.75) is 51.3 Å². The maximum atomic E-state index is 13.2. The van der Waals surface area contributed by atoms with E-state index in [-0.39, 0.29) is 24.0 Å². The van der Waals surface area contributed by atoms with Crippen LogP contribution in [0.2, 0.25) is 0 Å². The van der Waals surface area contributed by atoms with Crippen molar-refractivity contribution < 1.29 is 14.3 Å². The Morgan fingerprint density at radius 1 is 1.22 bits per heavy atom. The van der Waals surface area contributed by atoms with E-state index in [0.29, 0.717) is 17.8 Å². The van der Waals surface area contributed by atoms with Crippen LogP contribution in [-0.2, 0) is 4.79 Å². The average molecular weight is 385 g/mol. The number of nitrogens with zero attached hydrogens (tertiary/aromatic N) is 2. The van der Waals surface area contributed by atoms with Crippen molar-refractivity contribution >= 4 is 23.2 Å². The Balaban J connectivity index is 1.54. The summed E-state index contributed by atoms with van der Waals surface area (Å²) in [5.74, 6) is 0.542. The zero-order chi connectivity index (χ0) is 19.0. The second kappa shape index (κ2) is 7.31. The molecule has 2 atom stereocenters. The van der Waals surface area contributed by atoms with E-state index in [2.05, 4.69) is 10.3 Å². The number of benzene rings is 1. The molecule has 7 heteroatoms. The van der Waals surface area contributed by atoms with Crippen LogP contribution in [0.5, 0.6) is 5.75 Å². The number of aryl methyl sites for hydroxylation is 2. The largest absolute Gasteiger partial charge is 0.488 e. The van der Waals surface area contributed by atoms with Crippen molar-refractivity contribution in [1.82, 2.24) is 15.2 Å². The van der Waals surface area contributed by atoms with Crippen molar-refractivity contribution in [1.29, 1.82) is 0 Å². The number of para-hydroxylation sites is 1. The lowest BCUT2D eigenvalue weighted by molar-refractivity contribution is -0.125. The number of hydrogen-bond acceptors (Lipinski definition) is 5. The predicted molar refractivity (Wildman–Crippen MR) is 103 cm³/mol. The number of ether oxygens (including phenoxy) is 1. The molecule has 142 valence electrons. The predicted octanol–water partition coefficient (Wildman–Crippen LogP) is 2.70. The van der Waals surface area contributed by atoms with Gasteiger partial charge in [-0.05, 0) is 38.8 Å². The highest BCUT2D eigenvalue weighted by Gasteiger charge is 2.43. The van der Waals surface area contributed by atoms with Crippen molar-refractivity contribution in [3.05, 3.63) is 45.9 Å². The van der Waals surface area contributed by atoms with E-state index in [4.69, 9.17) is 4.74 Å². The third-order valence-corrected chi connectivity index (χ3v) is 5.95. The van der Waals surface area contributed by atoms with Gasteiger partial charge >= 0.3 is 0 Å². The van der Waals surface area contributed by atoms with Crippen LogP contribution in [0.4, 0.5) is 0 Å². The maximum Gasteiger partial charge on any atom is 0.266 e. The number of carbonyl (C=O) groups is 2. The number of rotatable bonds is 5. The van der Waals surface area contributed by atoms with Crippen LogP contribution >= 0.6 is 11.3 Å². The van der Waals surface area contributed by atoms with Crippen LogP contribution in [0.3, 0.4) is 0 Å². The maximum absolute atomic E-state index is 13.2. The van der Waals surface area contributed by atoms with E-state index < -0.39 is 6.04 Å². The number of hydrogen-bond donors (Lipinski definition) is 1. The SMILES string of the molecule is Cc1nc(C)c(C(=O)N2C[C@@H](Oc3ccccc3)C[C@H]2C(=O)NC2CC2)s1. The number of likely N-dealkylation sites (tertiary alicyclic amines) is 1. The van der Waals surface area contributed by atoms with Crippen LogP contribution in [0.25, 0.3) is 0 Å². The number of nitrogens with one attached hydrogen (secondary N) is 1. The van der Waals surface area contributed by atoms with Crippen LogP contribution in [-0.4, -0.2) is 46.4 Å². The molecule has 4 rings (SSSR count). The third-order valence-electron chi connectivity index (χ3n) is 4.89. The Labute approximate surface area is 162 Å². The molecule has 27 heavy (non-hydrogen) atoms. The van der Waals surface area contributed by atoms with Crippen LogP contribution in [0.15, 0.2) is 30.3 Å². The van der Waals surface area contributed by atoms with Gasteiger partial charge in [-0.15, -0.1) is 11.3 Å². The molecule has 1 aliphatic carbocycles. The second-order valence-corrected chi connectivity index (χ2v) is 8.40. The molecular formula is C20H23N3O3S. The van der Waals surface area contributed by atoms with E-state index in [9.17, 15) is 9.59 Å². The highest BCUT2D eigenvalue weighted by molar-refractivity contribution is 7.13. The summed E-state index contributed by atoms with van der Waals surface area (Å²) < 4.78 is 6.04. The highest BCUT2D eigenvalue weighted by Crippen LogP contribution is 2.29. The summed E-state index contributed by atoms with van der Waals surface area (Å²) in [7, 11) is 0. The Bertz CT molecular complexity index is 847. The molecule has 1 aromatic heterocycles. The smallest absolute Gasteiger partial charge is 0.266 e. The molecule has 2 aromatic rings. The molecule has 2 heterocycles. The minimum absolute atomic E-state index is 0.0797. The molecule has 1 saturated heterocycles. The summed E-state index contributed by atoms with van der Waals surface area (Å²) in [5.41, 5.74) is 0.719. The Hall–Kier alpha value is -2.41. The van der Waals surface area contributed by atoms with Gasteiger partial charge in [0.2, 0.25) is 5.91 Å². The lowest BCUT2D eigenvalue weighted by atomic mass is 10.1. The van der Waals surface area contributed by atoms with Gasteiger partial charge in [0.25, 0.3) is 5.91 Å². The fourth-order valence-electron chi connectivity index (χ4n) is 3.43. The molecule has 6 nitrogen and oxygen atoms in total. The summed E-state index contributed by atoms with van der Waals surface area (Å²) in [5, 5.41) is 3.89. The highest BCUT2D eigenvalue weighted by atomic mass is 32.1. The molecule has 0 spiro atoms. The third kappa shape index (κ3) is 3.98. The monoisotopic (exact) mass is 385 g/mol. The van der Waals surface area contributed by atoms with Gasteiger partial charge in [0, 0.05) is 12.5 Å². The summed E-state index contributed by atoms with van der Waals surface area (Å²) in [6.45, 7) is 4.12. The van der Waals surface area contributed by atoms with Gasteiger partial charge in [-0.25, -0.2) is 4.98 Å². The van der Waals surface area contributed by atoms with E-state index >= 15 is 0 Å². The van der Waals surface area contributed by atoms with E-state index in [1.54, 1.807) is 4.90 Å². The molecular weight excluding hydrogens is 362 g/mol. The minimum Gasteiger partial charge on any atom is -0.488 e. The summed E-state index contributed by atoms with van der Waals surface area (Å²) >= 11 is 1.38. The van der Waals surface area contributed by atoms with Crippen LogP contribution in [0.1, 0.15) is 39.6 Å². The molecule has 1 saturated carbocycles. The Morgan fingerprint density at radius 2 is 1.96 bits per heavy atom. The summed E-state index contributed by atoms with van der Waals surface area (Å²) in [6.07, 6.45) is 2.32. The lowest BCUT2D eigenvalue weighted by Crippen LogP contribution is -2.46. The molecule has 1 aliphatic heterocycles. The van der Waals surface area contributed by atoms with Gasteiger partial charge in [-0.2, -0.15) is 0 Å². The van der Waals surface area contributed by atoms with Gasteiger partial charge in [-0.3, -0.25) is 9.59 Å². The summed E-state index contributed by atoms with van der Waals surface area (Å²) in [6, 6.07) is 9.28. The zero-order valence-corrected chi connectivity index (χ0v) is 16.3. The second-order valence-electron chi connectivity index (χ2n) is 7.19. The first-order valence-electron chi connectivity index (χ1n) is 9.28. The molecule has 1 aromatic carbocycles. The fraction of sp³-hybridized carbons (Fsp3) is 0.450. The van der Waals surface area contributed by atoms with Gasteiger partial charge in [0.1, 0.15) is 22.8 Å². The number of thiazole rings is 1. The number of aromatic nitrogens is 1.